The summed E-state index contributed by atoms with van der Waals surface area (Å²) in [6, 6.07) is 0.427. The molecule has 0 aromatic rings. The highest BCUT2D eigenvalue weighted by molar-refractivity contribution is 5.78. The van der Waals surface area contributed by atoms with Crippen LogP contribution in [0.3, 0.4) is 0 Å². The van der Waals surface area contributed by atoms with E-state index >= 15 is 0 Å². The van der Waals surface area contributed by atoms with Crippen molar-refractivity contribution in [2.24, 2.45) is 5.92 Å². The first kappa shape index (κ1) is 13.1. The highest BCUT2D eigenvalue weighted by Gasteiger charge is 2.24. The van der Waals surface area contributed by atoms with Gasteiger partial charge in [0.2, 0.25) is 5.91 Å². The highest BCUT2D eigenvalue weighted by Crippen LogP contribution is 2.26. The van der Waals surface area contributed by atoms with Crippen LogP contribution < -0.4 is 5.32 Å². The topological polar surface area (TPSA) is 32.3 Å². The second kappa shape index (κ2) is 6.55. The molecule has 1 amide bonds. The molecular formula is C13H22N2O. The minimum atomic E-state index is 0.148. The Bertz CT molecular complexity index is 262. The van der Waals surface area contributed by atoms with Crippen LogP contribution in [-0.4, -0.2) is 37.0 Å². The smallest absolute Gasteiger partial charge is 0.236 e. The van der Waals surface area contributed by atoms with Crippen LogP contribution in [0.2, 0.25) is 0 Å². The summed E-state index contributed by atoms with van der Waals surface area (Å²) in [7, 11) is 1.90. The molecule has 1 N–H and O–H groups in total. The fraction of sp³-hybridized carbons (Fsp3) is 0.769. The van der Waals surface area contributed by atoms with Crippen molar-refractivity contribution in [2.75, 3.05) is 20.1 Å². The van der Waals surface area contributed by atoms with Gasteiger partial charge in [0.05, 0.1) is 13.1 Å². The van der Waals surface area contributed by atoms with Crippen molar-refractivity contribution >= 4 is 5.91 Å². The number of hydrogen-bond donors (Lipinski definition) is 1. The van der Waals surface area contributed by atoms with E-state index in [1.807, 2.05) is 11.9 Å². The van der Waals surface area contributed by atoms with Crippen LogP contribution in [-0.2, 0) is 4.79 Å². The maximum atomic E-state index is 11.8. The normalized spacial score (nSPS) is 24.8. The molecule has 16 heavy (non-hydrogen) atoms. The van der Waals surface area contributed by atoms with Crippen LogP contribution in [0.25, 0.3) is 0 Å². The number of likely N-dealkylation sites (N-methyl/N-ethyl adjacent to an activating group) is 1. The van der Waals surface area contributed by atoms with Gasteiger partial charge < -0.3 is 4.90 Å². The summed E-state index contributed by atoms with van der Waals surface area (Å²) >= 11 is 0. The van der Waals surface area contributed by atoms with E-state index < -0.39 is 0 Å². The third-order valence-electron chi connectivity index (χ3n) is 3.43. The zero-order valence-corrected chi connectivity index (χ0v) is 10.3. The number of carbonyl (C=O) groups excluding carboxylic acids is 1. The molecule has 0 heterocycles. The van der Waals surface area contributed by atoms with Crippen molar-refractivity contribution in [3.05, 3.63) is 0 Å². The predicted molar refractivity (Wildman–Crippen MR) is 65.9 cm³/mol. The average molecular weight is 222 g/mol. The molecular weight excluding hydrogens is 200 g/mol. The second-order valence-corrected chi connectivity index (χ2v) is 4.73. The summed E-state index contributed by atoms with van der Waals surface area (Å²) in [6.45, 7) is 3.10. The molecule has 90 valence electrons. The van der Waals surface area contributed by atoms with E-state index in [9.17, 15) is 4.79 Å². The van der Waals surface area contributed by atoms with E-state index in [-0.39, 0.29) is 5.91 Å². The predicted octanol–water partition coefficient (Wildman–Crippen LogP) is 1.25. The number of nitrogens with zero attached hydrogens (tertiary/aromatic N) is 1. The lowest BCUT2D eigenvalue weighted by Crippen LogP contribution is -2.43. The summed E-state index contributed by atoms with van der Waals surface area (Å²) in [4.78, 5) is 13.7. The summed E-state index contributed by atoms with van der Waals surface area (Å²) in [5.74, 6) is 3.43. The van der Waals surface area contributed by atoms with Crippen molar-refractivity contribution in [1.82, 2.24) is 10.2 Å². The number of hydrogen-bond acceptors (Lipinski definition) is 2. The van der Waals surface area contributed by atoms with Gasteiger partial charge >= 0.3 is 0 Å². The minimum Gasteiger partial charge on any atom is -0.342 e. The number of amides is 1. The first-order chi connectivity index (χ1) is 7.65. The molecule has 0 aromatic heterocycles. The van der Waals surface area contributed by atoms with E-state index in [4.69, 9.17) is 6.42 Å². The van der Waals surface area contributed by atoms with Crippen molar-refractivity contribution in [3.63, 3.8) is 0 Å². The van der Waals surface area contributed by atoms with Gasteiger partial charge in [-0.1, -0.05) is 12.8 Å². The third-order valence-corrected chi connectivity index (χ3v) is 3.43. The molecule has 0 saturated heterocycles. The minimum absolute atomic E-state index is 0.148. The Morgan fingerprint density at radius 3 is 2.62 bits per heavy atom. The Kier molecular flexibility index (Phi) is 5.34. The first-order valence-electron chi connectivity index (χ1n) is 6.05. The zero-order chi connectivity index (χ0) is 12.0. The number of rotatable bonds is 4. The van der Waals surface area contributed by atoms with Crippen LogP contribution in [0.15, 0.2) is 0 Å². The molecule has 0 atom stereocenters. The van der Waals surface area contributed by atoms with Gasteiger partial charge in [-0.25, -0.2) is 0 Å². The van der Waals surface area contributed by atoms with Crippen LogP contribution >= 0.6 is 0 Å². The van der Waals surface area contributed by atoms with Crippen LogP contribution in [0.4, 0.5) is 0 Å². The fourth-order valence-electron chi connectivity index (χ4n) is 2.20. The van der Waals surface area contributed by atoms with E-state index in [2.05, 4.69) is 18.2 Å². The standard InChI is InChI=1S/C13H22N2O/c1-4-9-14-10-13(16)15(3)12-7-5-11(2)6-8-12/h1,11-12,14H,5-10H2,2-3H3. The molecule has 0 unspecified atom stereocenters. The largest absolute Gasteiger partial charge is 0.342 e. The van der Waals surface area contributed by atoms with Gasteiger partial charge in [0, 0.05) is 13.1 Å². The Balaban J connectivity index is 2.30. The highest BCUT2D eigenvalue weighted by atomic mass is 16.2. The van der Waals surface area contributed by atoms with E-state index in [0.29, 0.717) is 19.1 Å². The Morgan fingerprint density at radius 1 is 1.44 bits per heavy atom. The quantitative estimate of drug-likeness (QED) is 0.573. The Morgan fingerprint density at radius 2 is 2.06 bits per heavy atom. The third kappa shape index (κ3) is 3.86. The fourth-order valence-corrected chi connectivity index (χ4v) is 2.20. The molecule has 3 nitrogen and oxygen atoms in total. The summed E-state index contributed by atoms with van der Waals surface area (Å²) in [5, 5.41) is 2.94. The SMILES string of the molecule is C#CCNCC(=O)N(C)C1CCC(C)CC1. The van der Waals surface area contributed by atoms with E-state index in [1.165, 1.54) is 12.8 Å². The van der Waals surface area contributed by atoms with Crippen molar-refractivity contribution < 1.29 is 4.79 Å². The maximum Gasteiger partial charge on any atom is 0.236 e. The molecule has 1 aliphatic rings. The molecule has 1 fully saturated rings. The van der Waals surface area contributed by atoms with Crippen LogP contribution in [0.5, 0.6) is 0 Å². The average Bonchev–Trinajstić information content (AvgIpc) is 2.29. The van der Waals surface area contributed by atoms with Crippen molar-refractivity contribution in [2.45, 2.75) is 38.6 Å². The molecule has 0 spiro atoms. The van der Waals surface area contributed by atoms with E-state index in [1.54, 1.807) is 0 Å². The number of terminal acetylenes is 1. The van der Waals surface area contributed by atoms with Crippen molar-refractivity contribution in [3.8, 4) is 12.3 Å². The molecule has 0 aliphatic heterocycles. The lowest BCUT2D eigenvalue weighted by molar-refractivity contribution is -0.131. The molecule has 0 radical (unpaired) electrons. The van der Waals surface area contributed by atoms with Crippen LogP contribution in [0, 0.1) is 18.3 Å². The van der Waals surface area contributed by atoms with Crippen LogP contribution in [0.1, 0.15) is 32.6 Å². The molecule has 0 bridgehead atoms. The first-order valence-corrected chi connectivity index (χ1v) is 6.05. The molecule has 1 rings (SSSR count). The van der Waals surface area contributed by atoms with Crippen molar-refractivity contribution in [1.29, 1.82) is 0 Å². The monoisotopic (exact) mass is 222 g/mol. The number of carbonyl (C=O) groups is 1. The zero-order valence-electron chi connectivity index (χ0n) is 10.3. The summed E-state index contributed by atoms with van der Waals surface area (Å²) in [6.07, 6.45) is 9.86. The van der Waals surface area contributed by atoms with Gasteiger partial charge in [0.25, 0.3) is 0 Å². The second-order valence-electron chi connectivity index (χ2n) is 4.73. The number of nitrogens with one attached hydrogen (secondary N) is 1. The lowest BCUT2D eigenvalue weighted by Gasteiger charge is -2.33. The molecule has 0 aromatic carbocycles. The lowest BCUT2D eigenvalue weighted by atomic mass is 9.87. The van der Waals surface area contributed by atoms with Gasteiger partial charge in [-0.2, -0.15) is 0 Å². The van der Waals surface area contributed by atoms with Gasteiger partial charge in [-0.3, -0.25) is 10.1 Å². The van der Waals surface area contributed by atoms with Gasteiger partial charge in [-0.05, 0) is 31.6 Å². The van der Waals surface area contributed by atoms with Gasteiger partial charge in [-0.15, -0.1) is 6.42 Å². The summed E-state index contributed by atoms with van der Waals surface area (Å²) in [5.41, 5.74) is 0. The Hall–Kier alpha value is -1.01. The molecule has 1 saturated carbocycles. The van der Waals surface area contributed by atoms with Gasteiger partial charge in [0.15, 0.2) is 0 Å². The maximum absolute atomic E-state index is 11.8. The van der Waals surface area contributed by atoms with E-state index in [0.717, 1.165) is 18.8 Å². The Labute approximate surface area is 98.6 Å². The summed E-state index contributed by atoms with van der Waals surface area (Å²) < 4.78 is 0. The molecule has 3 heteroatoms. The van der Waals surface area contributed by atoms with Gasteiger partial charge in [0.1, 0.15) is 0 Å². The molecule has 1 aliphatic carbocycles.